The number of carbonyl (C=O) groups excluding carboxylic acids is 2. The molecule has 4 heterocycles. The summed E-state index contributed by atoms with van der Waals surface area (Å²) in [7, 11) is 4.24. The number of halogens is 1. The van der Waals surface area contributed by atoms with E-state index in [9.17, 15) is 9.59 Å². The molecule has 4 aromatic rings. The van der Waals surface area contributed by atoms with E-state index in [-0.39, 0.29) is 29.7 Å². The van der Waals surface area contributed by atoms with Gasteiger partial charge in [-0.25, -0.2) is 0 Å². The first-order chi connectivity index (χ1) is 24.1. The molecule has 8 rings (SSSR count). The van der Waals surface area contributed by atoms with Gasteiger partial charge in [-0.1, -0.05) is 36.4 Å². The maximum absolute atomic E-state index is 12.9. The second-order valence-corrected chi connectivity index (χ2v) is 14.7. The van der Waals surface area contributed by atoms with Gasteiger partial charge in [-0.15, -0.1) is 0 Å². The number of hydrogen-bond donors (Lipinski definition) is 2. The summed E-state index contributed by atoms with van der Waals surface area (Å²) in [6.45, 7) is 12.7. The minimum absolute atomic E-state index is 0.0599. The van der Waals surface area contributed by atoms with Crippen LogP contribution in [0.3, 0.4) is 0 Å². The molecule has 8 nitrogen and oxygen atoms in total. The van der Waals surface area contributed by atoms with Gasteiger partial charge in [-0.3, -0.25) is 19.4 Å². The zero-order valence-electron chi connectivity index (χ0n) is 30.6. The van der Waals surface area contributed by atoms with Crippen molar-refractivity contribution in [3.8, 4) is 0 Å². The molecule has 0 bridgehead atoms. The smallest absolute Gasteiger partial charge is 0.230 e. The number of benzene rings is 2. The number of hydrogen-bond acceptors (Lipinski definition) is 4. The lowest BCUT2D eigenvalue weighted by molar-refractivity contribution is -0.135. The molecule has 2 aliphatic heterocycles. The minimum atomic E-state index is -0.0950. The Hall–Kier alpha value is -3.66. The molecule has 2 N–H and O–H groups in total. The average molecular weight is 728 g/mol. The fourth-order valence-corrected chi connectivity index (χ4v) is 9.28. The van der Waals surface area contributed by atoms with Crippen LogP contribution in [-0.2, 0) is 22.4 Å². The highest BCUT2D eigenvalue weighted by Gasteiger charge is 2.38. The molecule has 0 saturated carbocycles. The number of aromatic amines is 2. The first kappa shape index (κ1) is 32.5. The third kappa shape index (κ3) is 5.77. The van der Waals surface area contributed by atoms with Crippen LogP contribution in [0.25, 0.3) is 33.0 Å². The van der Waals surface area contributed by atoms with Gasteiger partial charge in [0.1, 0.15) is 0 Å². The zero-order valence-corrected chi connectivity index (χ0v) is 31.2. The Balaban J connectivity index is 0.000000157. The molecular weight excluding hydrogens is 676 g/mol. The number of aromatic nitrogens is 2. The fourth-order valence-electron chi connectivity index (χ4n) is 8.70. The Morgan fingerprint density at radius 3 is 1.86 bits per heavy atom. The molecule has 49 heavy (non-hydrogen) atoms. The Bertz CT molecular complexity index is 1880. The highest BCUT2D eigenvalue weighted by Crippen LogP contribution is 2.44. The van der Waals surface area contributed by atoms with E-state index in [1.54, 1.807) is 0 Å². The van der Waals surface area contributed by atoms with E-state index in [1.165, 1.54) is 44.1 Å². The van der Waals surface area contributed by atoms with Crippen LogP contribution < -0.4 is 0 Å². The van der Waals surface area contributed by atoms with Gasteiger partial charge >= 0.3 is 0 Å². The van der Waals surface area contributed by atoms with E-state index >= 15 is 0 Å². The van der Waals surface area contributed by atoms with Crippen molar-refractivity contribution in [2.75, 3.05) is 53.4 Å². The van der Waals surface area contributed by atoms with Crippen LogP contribution in [0.5, 0.6) is 0 Å². The van der Waals surface area contributed by atoms with Crippen molar-refractivity contribution >= 4 is 60.7 Å². The van der Waals surface area contributed by atoms with Crippen molar-refractivity contribution in [1.29, 1.82) is 0 Å². The van der Waals surface area contributed by atoms with E-state index in [0.717, 1.165) is 67.8 Å². The van der Waals surface area contributed by atoms with Crippen molar-refractivity contribution in [1.82, 2.24) is 29.6 Å². The third-order valence-corrected chi connectivity index (χ3v) is 12.0. The predicted octanol–water partition coefficient (Wildman–Crippen LogP) is 6.57. The summed E-state index contributed by atoms with van der Waals surface area (Å²) in [4.78, 5) is 41.0. The molecule has 0 unspecified atom stereocenters. The summed E-state index contributed by atoms with van der Waals surface area (Å²) >= 11 is 3.69. The average Bonchev–Trinajstić information content (AvgIpc) is 3.62. The van der Waals surface area contributed by atoms with Gasteiger partial charge < -0.3 is 19.8 Å². The van der Waals surface area contributed by atoms with Gasteiger partial charge in [0.05, 0.1) is 17.8 Å². The van der Waals surface area contributed by atoms with E-state index in [0.29, 0.717) is 12.2 Å². The van der Waals surface area contributed by atoms with Crippen molar-refractivity contribution in [2.24, 2.45) is 11.8 Å². The summed E-state index contributed by atoms with van der Waals surface area (Å²) in [5.74, 6) is 0.310. The van der Waals surface area contributed by atoms with Crippen LogP contribution in [0.1, 0.15) is 51.3 Å². The number of amides is 2. The van der Waals surface area contributed by atoms with Crippen molar-refractivity contribution in [2.45, 2.75) is 52.6 Å². The lowest BCUT2D eigenvalue weighted by Gasteiger charge is -2.40. The molecule has 0 radical (unpaired) electrons. The van der Waals surface area contributed by atoms with Gasteiger partial charge in [0.25, 0.3) is 0 Å². The molecule has 9 heteroatoms. The Kier molecular flexibility index (Phi) is 9.01. The largest absolute Gasteiger partial charge is 0.361 e. The minimum Gasteiger partial charge on any atom is -0.361 e. The molecule has 2 aliphatic carbocycles. The molecular formula is C40H49BrN6O2. The molecule has 258 valence electrons. The van der Waals surface area contributed by atoms with Gasteiger partial charge in [-0.2, -0.15) is 0 Å². The van der Waals surface area contributed by atoms with E-state index in [2.05, 4.69) is 100 Å². The summed E-state index contributed by atoms with van der Waals surface area (Å²) in [5, 5.41) is 2.47. The van der Waals surface area contributed by atoms with Crippen LogP contribution in [0.4, 0.5) is 0 Å². The monoisotopic (exact) mass is 726 g/mol. The Morgan fingerprint density at radius 2 is 1.31 bits per heavy atom. The van der Waals surface area contributed by atoms with Crippen LogP contribution in [0.15, 0.2) is 59.3 Å². The topological polar surface area (TPSA) is 78.7 Å². The van der Waals surface area contributed by atoms with Crippen molar-refractivity contribution in [3.05, 3.63) is 81.6 Å². The number of nitrogens with one attached hydrogen (secondary N) is 2. The van der Waals surface area contributed by atoms with E-state index < -0.39 is 0 Å². The molecule has 2 aromatic heterocycles. The predicted molar refractivity (Wildman–Crippen MR) is 203 cm³/mol. The summed E-state index contributed by atoms with van der Waals surface area (Å²) < 4.78 is 9.35. The maximum Gasteiger partial charge on any atom is 0.230 e. The Morgan fingerprint density at radius 1 is 0.796 bits per heavy atom. The quantitative estimate of drug-likeness (QED) is 0.236. The van der Waals surface area contributed by atoms with Crippen LogP contribution in [0.2, 0.25) is 0 Å². The number of carbonyl (C=O) groups is 2. The number of likely N-dealkylation sites (N-methyl/N-ethyl adjacent to an activating group) is 2. The molecule has 0 saturated heterocycles. The summed E-state index contributed by atoms with van der Waals surface area (Å²) in [6, 6.07) is 13.2. The second kappa shape index (κ2) is 13.6. The molecule has 4 aliphatic rings. The van der Waals surface area contributed by atoms with Gasteiger partial charge in [-0.05, 0) is 116 Å². The zero-order chi connectivity index (χ0) is 35.4. The lowest BCUT2D eigenvalue weighted by Crippen LogP contribution is -2.47. The van der Waals surface area contributed by atoms with Crippen LogP contribution in [0, 0.1) is 11.8 Å². The molecule has 2 amide bonds. The number of fused-ring (bicyclic) bond motifs is 4. The molecule has 0 spiro atoms. The number of rotatable bonds is 6. The molecule has 2 aromatic carbocycles. The van der Waals surface area contributed by atoms with Crippen LogP contribution >= 0.6 is 15.9 Å². The van der Waals surface area contributed by atoms with Gasteiger partial charge in [0.2, 0.25) is 11.8 Å². The molecule has 4 atom stereocenters. The van der Waals surface area contributed by atoms with Crippen molar-refractivity contribution < 1.29 is 11.0 Å². The summed E-state index contributed by atoms with van der Waals surface area (Å²) in [6.07, 6.45) is 6.77. The molecule has 0 fully saturated rings. The first-order valence-electron chi connectivity index (χ1n) is 18.4. The fraction of sp³-hybridized carbons (Fsp3) is 0.450. The third-order valence-electron chi connectivity index (χ3n) is 11.3. The maximum atomic E-state index is 12.9. The van der Waals surface area contributed by atoms with E-state index in [1.807, 2.05) is 35.8 Å². The van der Waals surface area contributed by atoms with Gasteiger partial charge in [0.15, 0.2) is 0 Å². The Labute approximate surface area is 299 Å². The number of H-pyrrole nitrogens is 2. The second-order valence-electron chi connectivity index (χ2n) is 13.9. The van der Waals surface area contributed by atoms with Crippen molar-refractivity contribution in [3.63, 3.8) is 0 Å². The lowest BCUT2D eigenvalue weighted by atomic mass is 9.79. The van der Waals surface area contributed by atoms with Gasteiger partial charge in [0, 0.05) is 79.3 Å². The first-order valence-corrected chi connectivity index (χ1v) is 18.7. The van der Waals surface area contributed by atoms with Crippen LogP contribution in [-0.4, -0.2) is 107 Å². The number of nitrogens with zero attached hydrogens (tertiary/aromatic N) is 4. The highest BCUT2D eigenvalue weighted by molar-refractivity contribution is 9.10. The van der Waals surface area contributed by atoms with E-state index in [4.69, 9.17) is 1.37 Å². The standard InChI is InChI=1S/C20H24BrN3O.C20H25N3O/c1-4-24(5-2)20(25)12-9-14-13-7-6-8-16-18(13)15(19(21)22-16)10-17(14)23(3)11-12;1-4-23(5-2)20(24)14-9-16-15-7-6-8-17-19(15)13(11-21-17)10-18(16)22(3)12-14/h6-9,12,17,22H,4-5,10-11H2,1-3H3;6-9,11,14,18,21H,4-5,10,12H2,1-3H3/t12-,17-;14-,18-/m11/s1/i;11T. The summed E-state index contributed by atoms with van der Waals surface area (Å²) in [5.41, 5.74) is 9.66. The highest BCUT2D eigenvalue weighted by atomic mass is 79.9. The normalized spacial score (nSPS) is 23.1. The SMILES string of the molecule is CCN(CC)C(=O)[C@@H]1C=C2c3cccc4[nH]c(Br)c(c34)C[C@H]2N(C)C1.[3H]c1[nH]c2cccc3c2c1C[C@@H]1C3=C[C@@H](C(=O)N(CC)CC)CN1C.